The second-order valence-electron chi connectivity index (χ2n) is 5.57. The van der Waals surface area contributed by atoms with Gasteiger partial charge in [-0.25, -0.2) is 0 Å². The van der Waals surface area contributed by atoms with E-state index in [2.05, 4.69) is 15.6 Å². The van der Waals surface area contributed by atoms with Crippen LogP contribution >= 0.6 is 0 Å². The van der Waals surface area contributed by atoms with Gasteiger partial charge >= 0.3 is 0 Å². The van der Waals surface area contributed by atoms with Crippen molar-refractivity contribution in [3.05, 3.63) is 53.3 Å². The summed E-state index contributed by atoms with van der Waals surface area (Å²) in [7, 11) is 0. The Morgan fingerprint density at radius 1 is 1.19 bits per heavy atom. The number of para-hydroxylation sites is 1. The highest BCUT2D eigenvalue weighted by Crippen LogP contribution is 2.25. The number of benzene rings is 1. The Bertz CT molecular complexity index is 657. The minimum absolute atomic E-state index is 0.174. The Hall–Kier alpha value is -2.36. The molecule has 0 atom stereocenters. The molecular weight excluding hydrogens is 262 g/mol. The molecule has 4 heteroatoms. The summed E-state index contributed by atoms with van der Waals surface area (Å²) in [6.45, 7) is 3.97. The third-order valence-corrected chi connectivity index (χ3v) is 3.66. The van der Waals surface area contributed by atoms with E-state index in [4.69, 9.17) is 0 Å². The molecule has 1 heterocycles. The molecule has 0 radical (unpaired) electrons. The number of hydrogen-bond acceptors (Lipinski definition) is 3. The van der Waals surface area contributed by atoms with Crippen LogP contribution < -0.4 is 10.6 Å². The van der Waals surface area contributed by atoms with Gasteiger partial charge in [-0.1, -0.05) is 18.2 Å². The third-order valence-electron chi connectivity index (χ3n) is 3.66. The third kappa shape index (κ3) is 3.21. The van der Waals surface area contributed by atoms with Crippen LogP contribution in [0.4, 0.5) is 11.4 Å². The summed E-state index contributed by atoms with van der Waals surface area (Å²) in [5.41, 5.74) is 4.36. The number of aryl methyl sites for hydroxylation is 2. The molecule has 1 aromatic heterocycles. The first-order chi connectivity index (χ1) is 10.1. The van der Waals surface area contributed by atoms with Crippen LogP contribution in [-0.4, -0.2) is 16.9 Å². The van der Waals surface area contributed by atoms with Crippen molar-refractivity contribution in [3.63, 3.8) is 0 Å². The van der Waals surface area contributed by atoms with Gasteiger partial charge in [0.15, 0.2) is 0 Å². The van der Waals surface area contributed by atoms with Crippen LogP contribution in [-0.2, 0) is 0 Å². The summed E-state index contributed by atoms with van der Waals surface area (Å²) >= 11 is 0. The van der Waals surface area contributed by atoms with Gasteiger partial charge in [-0.05, 0) is 49.9 Å². The average Bonchev–Trinajstić information content (AvgIpc) is 3.27. The molecule has 0 aliphatic heterocycles. The zero-order valence-corrected chi connectivity index (χ0v) is 12.3. The van der Waals surface area contributed by atoms with Gasteiger partial charge in [0, 0.05) is 23.6 Å². The van der Waals surface area contributed by atoms with Gasteiger partial charge in [-0.15, -0.1) is 0 Å². The van der Waals surface area contributed by atoms with Gasteiger partial charge in [0.25, 0.3) is 5.91 Å². The fourth-order valence-electron chi connectivity index (χ4n) is 2.30. The first-order valence-corrected chi connectivity index (χ1v) is 7.23. The lowest BCUT2D eigenvalue weighted by molar-refractivity contribution is 0.102. The highest BCUT2D eigenvalue weighted by molar-refractivity contribution is 6.04. The fraction of sp³-hybridized carbons (Fsp3) is 0.294. The standard InChI is InChI=1S/C17H19N3O/c1-11-4-3-5-12(2)16(11)20-17(21)15-10-14(8-9-18-15)19-13-6-7-13/h3-5,8-10,13H,6-7H2,1-2H3,(H,18,19)(H,20,21). The second-order valence-corrected chi connectivity index (χ2v) is 5.57. The molecule has 1 amide bonds. The van der Waals surface area contributed by atoms with E-state index >= 15 is 0 Å². The quantitative estimate of drug-likeness (QED) is 0.901. The monoisotopic (exact) mass is 281 g/mol. The van der Waals surface area contributed by atoms with Crippen molar-refractivity contribution in [2.75, 3.05) is 10.6 Å². The van der Waals surface area contributed by atoms with Crippen LogP contribution in [0.25, 0.3) is 0 Å². The predicted octanol–water partition coefficient (Wildman–Crippen LogP) is 3.53. The number of aromatic nitrogens is 1. The Morgan fingerprint density at radius 2 is 1.90 bits per heavy atom. The van der Waals surface area contributed by atoms with E-state index < -0.39 is 0 Å². The Morgan fingerprint density at radius 3 is 2.57 bits per heavy atom. The second kappa shape index (κ2) is 5.56. The van der Waals surface area contributed by atoms with Crippen LogP contribution in [0.1, 0.15) is 34.5 Å². The van der Waals surface area contributed by atoms with Crippen molar-refractivity contribution < 1.29 is 4.79 Å². The molecule has 0 spiro atoms. The zero-order valence-electron chi connectivity index (χ0n) is 12.3. The number of rotatable bonds is 4. The Balaban J connectivity index is 1.78. The minimum atomic E-state index is -0.174. The molecule has 3 rings (SSSR count). The smallest absolute Gasteiger partial charge is 0.274 e. The summed E-state index contributed by atoms with van der Waals surface area (Å²) < 4.78 is 0. The van der Waals surface area contributed by atoms with Gasteiger partial charge in [0.2, 0.25) is 0 Å². The lowest BCUT2D eigenvalue weighted by atomic mass is 10.1. The van der Waals surface area contributed by atoms with E-state index in [1.54, 1.807) is 12.3 Å². The molecule has 0 bridgehead atoms. The van der Waals surface area contributed by atoms with Crippen LogP contribution in [0.3, 0.4) is 0 Å². The van der Waals surface area contributed by atoms with Gasteiger partial charge in [-0.2, -0.15) is 0 Å². The van der Waals surface area contributed by atoms with E-state index in [1.165, 1.54) is 12.8 Å². The summed E-state index contributed by atoms with van der Waals surface area (Å²) in [6, 6.07) is 10.2. The highest BCUT2D eigenvalue weighted by Gasteiger charge is 2.21. The molecule has 1 aromatic carbocycles. The SMILES string of the molecule is Cc1cccc(C)c1NC(=O)c1cc(NC2CC2)ccn1. The van der Waals surface area contributed by atoms with Gasteiger partial charge < -0.3 is 10.6 Å². The van der Waals surface area contributed by atoms with E-state index in [0.717, 1.165) is 22.5 Å². The predicted molar refractivity (Wildman–Crippen MR) is 84.8 cm³/mol. The molecule has 2 N–H and O–H groups in total. The van der Waals surface area contributed by atoms with E-state index in [1.807, 2.05) is 38.1 Å². The molecule has 4 nitrogen and oxygen atoms in total. The number of pyridine rings is 1. The van der Waals surface area contributed by atoms with E-state index in [0.29, 0.717) is 11.7 Å². The number of anilines is 2. The molecular formula is C17H19N3O. The van der Waals surface area contributed by atoms with Crippen LogP contribution in [0.15, 0.2) is 36.5 Å². The lowest BCUT2D eigenvalue weighted by Crippen LogP contribution is -2.15. The first kappa shape index (κ1) is 13.6. The van der Waals surface area contributed by atoms with Gasteiger partial charge in [0.1, 0.15) is 5.69 Å². The maximum Gasteiger partial charge on any atom is 0.274 e. The molecule has 1 aliphatic rings. The van der Waals surface area contributed by atoms with Gasteiger partial charge in [-0.3, -0.25) is 9.78 Å². The van der Waals surface area contributed by atoms with Crippen molar-refractivity contribution in [2.45, 2.75) is 32.7 Å². The molecule has 2 aromatic rings. The lowest BCUT2D eigenvalue weighted by Gasteiger charge is -2.11. The maximum atomic E-state index is 12.4. The molecule has 0 unspecified atom stereocenters. The van der Waals surface area contributed by atoms with Crippen LogP contribution in [0.2, 0.25) is 0 Å². The van der Waals surface area contributed by atoms with Crippen molar-refractivity contribution in [2.24, 2.45) is 0 Å². The number of carbonyl (C=O) groups excluding carboxylic acids is 1. The molecule has 1 saturated carbocycles. The number of amides is 1. The van der Waals surface area contributed by atoms with Crippen LogP contribution in [0.5, 0.6) is 0 Å². The summed E-state index contributed by atoms with van der Waals surface area (Å²) in [4.78, 5) is 16.5. The maximum absolute atomic E-state index is 12.4. The van der Waals surface area contributed by atoms with Gasteiger partial charge in [0.05, 0.1) is 0 Å². The number of hydrogen-bond donors (Lipinski definition) is 2. The molecule has 0 saturated heterocycles. The number of nitrogens with zero attached hydrogens (tertiary/aromatic N) is 1. The number of carbonyl (C=O) groups is 1. The summed E-state index contributed by atoms with van der Waals surface area (Å²) in [5.74, 6) is -0.174. The zero-order chi connectivity index (χ0) is 14.8. The minimum Gasteiger partial charge on any atom is -0.382 e. The van der Waals surface area contributed by atoms with Crippen molar-refractivity contribution in [1.82, 2.24) is 4.98 Å². The fourth-order valence-corrected chi connectivity index (χ4v) is 2.30. The summed E-state index contributed by atoms with van der Waals surface area (Å²) in [5, 5.41) is 6.34. The normalized spacial score (nSPS) is 13.8. The van der Waals surface area contributed by atoms with E-state index in [-0.39, 0.29) is 5.91 Å². The van der Waals surface area contributed by atoms with Crippen molar-refractivity contribution in [1.29, 1.82) is 0 Å². The molecule has 21 heavy (non-hydrogen) atoms. The first-order valence-electron chi connectivity index (χ1n) is 7.23. The average molecular weight is 281 g/mol. The van der Waals surface area contributed by atoms with Crippen LogP contribution in [0, 0.1) is 13.8 Å². The largest absolute Gasteiger partial charge is 0.382 e. The number of nitrogens with one attached hydrogen (secondary N) is 2. The Labute approximate surface area is 124 Å². The summed E-state index contributed by atoms with van der Waals surface area (Å²) in [6.07, 6.45) is 4.07. The highest BCUT2D eigenvalue weighted by atomic mass is 16.1. The molecule has 1 aliphatic carbocycles. The van der Waals surface area contributed by atoms with Crippen molar-refractivity contribution >= 4 is 17.3 Å². The van der Waals surface area contributed by atoms with Crippen molar-refractivity contribution in [3.8, 4) is 0 Å². The topological polar surface area (TPSA) is 54.0 Å². The molecule has 1 fully saturated rings. The Kier molecular flexibility index (Phi) is 3.60. The molecule has 108 valence electrons. The van der Waals surface area contributed by atoms with E-state index in [9.17, 15) is 4.79 Å².